The number of benzene rings is 1. The molecule has 6 heterocycles. The molecule has 7 heteroatoms. The van der Waals surface area contributed by atoms with Gasteiger partial charge in [-0.25, -0.2) is 0 Å². The monoisotopic (exact) mass is 638 g/mol. The number of fused-ring (bicyclic) bond motifs is 3. The molecule has 0 radical (unpaired) electrons. The average molecular weight is 639 g/mol. The van der Waals surface area contributed by atoms with Gasteiger partial charge in [-0.15, -0.1) is 56.7 Å². The quantitative estimate of drug-likeness (QED) is 0.169. The predicted molar refractivity (Wildman–Crippen MR) is 183 cm³/mol. The smallest absolute Gasteiger partial charge is 0.173 e. The van der Waals surface area contributed by atoms with E-state index in [-0.39, 0.29) is 5.92 Å². The summed E-state index contributed by atoms with van der Waals surface area (Å²) in [5.41, 5.74) is 2.62. The summed E-state index contributed by atoms with van der Waals surface area (Å²) in [6.07, 6.45) is 9.19. The van der Waals surface area contributed by atoms with Gasteiger partial charge in [-0.2, -0.15) is 0 Å². The summed E-state index contributed by atoms with van der Waals surface area (Å²) in [7, 11) is 1.73. The lowest BCUT2D eigenvalue weighted by molar-refractivity contribution is -0.0944. The van der Waals surface area contributed by atoms with Crippen molar-refractivity contribution in [1.82, 2.24) is 0 Å². The summed E-state index contributed by atoms with van der Waals surface area (Å²) in [4.78, 5) is 8.79. The molecular formula is C35H26O2S5. The molecule has 0 bridgehead atoms. The standard InChI is InChI=1S/C35H26O2S5/c1-34-17-15-22-21-23(26-9-10-29(40-26)27-5-3-19-38-27)7-8-24(22)25(34)16-18-35(37-34,32-13-14-33(36-2)42-32)31-12-11-30(41-31)28-6-4-20-39-28/h3-21,25H,1-2H3. The Bertz CT molecular complexity index is 1930. The van der Waals surface area contributed by atoms with Gasteiger partial charge in [0.25, 0.3) is 0 Å². The zero-order chi connectivity index (χ0) is 28.3. The third-order valence-corrected chi connectivity index (χ3v) is 13.7. The van der Waals surface area contributed by atoms with Crippen molar-refractivity contribution in [2.45, 2.75) is 24.0 Å². The van der Waals surface area contributed by atoms with Crippen LogP contribution in [-0.4, -0.2) is 12.7 Å². The fraction of sp³-hybridized carbons (Fsp3) is 0.143. The SMILES string of the molecule is COc1ccc(C2(c3ccc(-c4cccs4)s3)C=CC3c4ccc(-c5ccc(-c6cccs6)s5)cc4C=CC3(C)O2)s1. The molecule has 6 aromatic rings. The van der Waals surface area contributed by atoms with Gasteiger partial charge < -0.3 is 9.47 Å². The molecule has 2 aliphatic rings. The first-order valence-electron chi connectivity index (χ1n) is 13.7. The largest absolute Gasteiger partial charge is 0.487 e. The Morgan fingerprint density at radius 2 is 1.43 bits per heavy atom. The number of methoxy groups -OCH3 is 1. The molecule has 0 spiro atoms. The summed E-state index contributed by atoms with van der Waals surface area (Å²) in [6, 6.07) is 28.7. The van der Waals surface area contributed by atoms with Crippen LogP contribution >= 0.6 is 56.7 Å². The lowest BCUT2D eigenvalue weighted by atomic mass is 9.73. The van der Waals surface area contributed by atoms with Crippen LogP contribution in [0, 0.1) is 0 Å². The van der Waals surface area contributed by atoms with Crippen LogP contribution in [0.2, 0.25) is 0 Å². The fourth-order valence-electron chi connectivity index (χ4n) is 5.98. The zero-order valence-corrected chi connectivity index (χ0v) is 27.0. The van der Waals surface area contributed by atoms with Crippen molar-refractivity contribution in [1.29, 1.82) is 0 Å². The van der Waals surface area contributed by atoms with E-state index in [1.54, 1.807) is 41.1 Å². The Morgan fingerprint density at radius 3 is 2.17 bits per heavy atom. The average Bonchev–Trinajstić information content (AvgIpc) is 3.85. The second-order valence-corrected chi connectivity index (χ2v) is 15.7. The molecule has 3 atom stereocenters. The molecule has 42 heavy (non-hydrogen) atoms. The molecular weight excluding hydrogens is 613 g/mol. The molecule has 1 aromatic carbocycles. The third-order valence-electron chi connectivity index (χ3n) is 8.08. The Labute approximate surface area is 265 Å². The molecule has 0 N–H and O–H groups in total. The van der Waals surface area contributed by atoms with E-state index in [0.29, 0.717) is 0 Å². The fourth-order valence-corrected chi connectivity index (χ4v) is 10.8. The van der Waals surface area contributed by atoms with E-state index in [4.69, 9.17) is 9.47 Å². The predicted octanol–water partition coefficient (Wildman–Crippen LogP) is 11.4. The van der Waals surface area contributed by atoms with Crippen molar-refractivity contribution in [3.05, 3.63) is 129 Å². The number of rotatable bonds is 6. The first-order chi connectivity index (χ1) is 20.5. The van der Waals surface area contributed by atoms with Gasteiger partial charge in [0.2, 0.25) is 0 Å². The van der Waals surface area contributed by atoms with Crippen LogP contribution in [0.5, 0.6) is 5.06 Å². The Kier molecular flexibility index (Phi) is 6.52. The number of thiophene rings is 5. The Balaban J connectivity index is 1.18. The molecule has 2 nitrogen and oxygen atoms in total. The number of hydrogen-bond acceptors (Lipinski definition) is 7. The highest BCUT2D eigenvalue weighted by Crippen LogP contribution is 2.55. The molecule has 8 rings (SSSR count). The first kappa shape index (κ1) is 26.6. The van der Waals surface area contributed by atoms with Crippen LogP contribution in [0.4, 0.5) is 0 Å². The summed E-state index contributed by atoms with van der Waals surface area (Å²) in [6.45, 7) is 2.23. The number of ether oxygens (including phenoxy) is 2. The summed E-state index contributed by atoms with van der Waals surface area (Å²) in [5.74, 6) is 0.114. The maximum atomic E-state index is 7.34. The van der Waals surface area contributed by atoms with Gasteiger partial charge >= 0.3 is 0 Å². The molecule has 208 valence electrons. The number of hydrogen-bond donors (Lipinski definition) is 0. The normalized spacial score (nSPS) is 22.7. The maximum absolute atomic E-state index is 7.34. The van der Waals surface area contributed by atoms with Crippen molar-refractivity contribution < 1.29 is 9.47 Å². The Hall–Kier alpha value is -3.04. The van der Waals surface area contributed by atoms with E-state index < -0.39 is 11.2 Å². The van der Waals surface area contributed by atoms with Crippen LogP contribution in [-0.2, 0) is 10.3 Å². The van der Waals surface area contributed by atoms with E-state index in [1.165, 1.54) is 46.0 Å². The van der Waals surface area contributed by atoms with Crippen LogP contribution in [0.25, 0.3) is 36.0 Å². The van der Waals surface area contributed by atoms with Gasteiger partial charge in [0, 0.05) is 40.1 Å². The van der Waals surface area contributed by atoms with E-state index >= 15 is 0 Å². The second kappa shape index (κ2) is 10.3. The molecule has 0 fully saturated rings. The molecule has 0 saturated heterocycles. The molecule has 0 amide bonds. The Morgan fingerprint density at radius 1 is 0.714 bits per heavy atom. The highest BCUT2D eigenvalue weighted by atomic mass is 32.1. The van der Waals surface area contributed by atoms with Crippen LogP contribution in [0.15, 0.2) is 108 Å². The van der Waals surface area contributed by atoms with Gasteiger partial charge in [0.15, 0.2) is 10.7 Å². The third kappa shape index (κ3) is 4.34. The molecule has 5 aromatic heterocycles. The summed E-state index contributed by atoms with van der Waals surface area (Å²) in [5, 5.41) is 5.16. The minimum Gasteiger partial charge on any atom is -0.487 e. The molecule has 1 aliphatic carbocycles. The summed E-state index contributed by atoms with van der Waals surface area (Å²) >= 11 is 8.88. The highest BCUT2D eigenvalue weighted by molar-refractivity contribution is 7.23. The van der Waals surface area contributed by atoms with Crippen molar-refractivity contribution in [3.63, 3.8) is 0 Å². The first-order valence-corrected chi connectivity index (χ1v) is 17.9. The lowest BCUT2D eigenvalue weighted by Crippen LogP contribution is -2.46. The van der Waals surface area contributed by atoms with E-state index in [2.05, 4.69) is 115 Å². The van der Waals surface area contributed by atoms with E-state index in [0.717, 1.165) is 9.94 Å². The van der Waals surface area contributed by atoms with Gasteiger partial charge in [-0.1, -0.05) is 42.5 Å². The van der Waals surface area contributed by atoms with Gasteiger partial charge in [0.05, 0.1) is 12.7 Å². The van der Waals surface area contributed by atoms with Crippen molar-refractivity contribution in [2.24, 2.45) is 0 Å². The minimum atomic E-state index is -0.691. The van der Waals surface area contributed by atoms with Crippen LogP contribution in [0.1, 0.15) is 33.7 Å². The van der Waals surface area contributed by atoms with E-state index in [1.807, 2.05) is 28.7 Å². The van der Waals surface area contributed by atoms with Crippen molar-refractivity contribution >= 4 is 62.8 Å². The zero-order valence-electron chi connectivity index (χ0n) is 22.9. The van der Waals surface area contributed by atoms with Crippen LogP contribution in [0.3, 0.4) is 0 Å². The van der Waals surface area contributed by atoms with Crippen molar-refractivity contribution in [3.8, 4) is 35.0 Å². The van der Waals surface area contributed by atoms with Gasteiger partial charge in [0.1, 0.15) is 0 Å². The molecule has 0 saturated carbocycles. The second-order valence-electron chi connectivity index (χ2n) is 10.6. The minimum absolute atomic E-state index is 0.114. The topological polar surface area (TPSA) is 18.5 Å². The van der Waals surface area contributed by atoms with E-state index in [9.17, 15) is 0 Å². The maximum Gasteiger partial charge on any atom is 0.173 e. The van der Waals surface area contributed by atoms with Crippen LogP contribution < -0.4 is 4.74 Å². The van der Waals surface area contributed by atoms with Gasteiger partial charge in [-0.05, 0) is 95.0 Å². The summed E-state index contributed by atoms with van der Waals surface area (Å²) < 4.78 is 13.0. The molecule has 1 aliphatic heterocycles. The molecule has 3 unspecified atom stereocenters. The van der Waals surface area contributed by atoms with Gasteiger partial charge in [-0.3, -0.25) is 0 Å². The van der Waals surface area contributed by atoms with Crippen molar-refractivity contribution in [2.75, 3.05) is 7.11 Å². The highest BCUT2D eigenvalue weighted by Gasteiger charge is 2.49. The lowest BCUT2D eigenvalue weighted by Gasteiger charge is -2.47.